The summed E-state index contributed by atoms with van der Waals surface area (Å²) in [5.74, 6) is 0.546. The first-order chi connectivity index (χ1) is 8.18. The maximum atomic E-state index is 11.3. The molecule has 0 aliphatic rings. The molecule has 0 atom stereocenters. The van der Waals surface area contributed by atoms with Crippen molar-refractivity contribution in [3.63, 3.8) is 0 Å². The fourth-order valence-corrected chi connectivity index (χ4v) is 1.51. The number of para-hydroxylation sites is 1. The van der Waals surface area contributed by atoms with Gasteiger partial charge in [-0.2, -0.15) is 0 Å². The molecule has 0 unspecified atom stereocenters. The Morgan fingerprint density at radius 3 is 2.76 bits per heavy atom. The third-order valence-corrected chi connectivity index (χ3v) is 2.33. The van der Waals surface area contributed by atoms with Gasteiger partial charge in [0.05, 0.1) is 11.8 Å². The molecule has 2 aromatic rings. The predicted molar refractivity (Wildman–Crippen MR) is 64.0 cm³/mol. The molecule has 0 saturated carbocycles. The molecular weight excluding hydrogens is 216 g/mol. The van der Waals surface area contributed by atoms with Crippen LogP contribution in [0.2, 0.25) is 0 Å². The highest BCUT2D eigenvalue weighted by Gasteiger charge is 2.12. The molecule has 0 bridgehead atoms. The van der Waals surface area contributed by atoms with E-state index in [0.717, 1.165) is 5.56 Å². The van der Waals surface area contributed by atoms with Crippen LogP contribution in [0.1, 0.15) is 15.9 Å². The summed E-state index contributed by atoms with van der Waals surface area (Å²) in [4.78, 5) is 15.2. The number of carbonyl (C=O) groups excluding carboxylic acids is 1. The summed E-state index contributed by atoms with van der Waals surface area (Å²) >= 11 is 0. The van der Waals surface area contributed by atoms with E-state index >= 15 is 0 Å². The number of pyridine rings is 1. The third kappa shape index (κ3) is 2.42. The van der Waals surface area contributed by atoms with E-state index in [-0.39, 0.29) is 0 Å². The van der Waals surface area contributed by atoms with Crippen LogP contribution in [0.5, 0.6) is 11.5 Å². The molecule has 0 fully saturated rings. The SMILES string of the molecule is Cc1cccc(C(N)=O)c1Oc1cccnc1. The zero-order chi connectivity index (χ0) is 12.3. The first-order valence-corrected chi connectivity index (χ1v) is 5.16. The minimum Gasteiger partial charge on any atom is -0.455 e. The van der Waals surface area contributed by atoms with Crippen molar-refractivity contribution in [2.75, 3.05) is 0 Å². The molecule has 2 N–H and O–H groups in total. The lowest BCUT2D eigenvalue weighted by Gasteiger charge is -2.11. The normalized spacial score (nSPS) is 9.94. The van der Waals surface area contributed by atoms with Crippen LogP contribution in [0.4, 0.5) is 0 Å². The molecule has 17 heavy (non-hydrogen) atoms. The lowest BCUT2D eigenvalue weighted by Crippen LogP contribution is -2.12. The van der Waals surface area contributed by atoms with Crippen molar-refractivity contribution < 1.29 is 9.53 Å². The van der Waals surface area contributed by atoms with Crippen molar-refractivity contribution in [2.45, 2.75) is 6.92 Å². The molecule has 4 heteroatoms. The van der Waals surface area contributed by atoms with Crippen molar-refractivity contribution in [3.05, 3.63) is 53.9 Å². The summed E-state index contributed by atoms with van der Waals surface area (Å²) in [6, 6.07) is 8.80. The highest BCUT2D eigenvalue weighted by atomic mass is 16.5. The average Bonchev–Trinajstić information content (AvgIpc) is 2.33. The molecular formula is C13H12N2O2. The summed E-state index contributed by atoms with van der Waals surface area (Å²) < 4.78 is 5.64. The Hall–Kier alpha value is -2.36. The quantitative estimate of drug-likeness (QED) is 0.876. The van der Waals surface area contributed by atoms with Crippen molar-refractivity contribution in [1.82, 2.24) is 4.98 Å². The maximum absolute atomic E-state index is 11.3. The Morgan fingerprint density at radius 1 is 1.29 bits per heavy atom. The first kappa shape index (κ1) is 11.1. The van der Waals surface area contributed by atoms with E-state index in [0.29, 0.717) is 17.1 Å². The van der Waals surface area contributed by atoms with Gasteiger partial charge in [-0.1, -0.05) is 12.1 Å². The molecule has 1 aromatic heterocycles. The van der Waals surface area contributed by atoms with Gasteiger partial charge < -0.3 is 10.5 Å². The number of rotatable bonds is 3. The predicted octanol–water partition coefficient (Wildman–Crippen LogP) is 2.28. The van der Waals surface area contributed by atoms with Crippen molar-refractivity contribution in [2.24, 2.45) is 5.73 Å². The van der Waals surface area contributed by atoms with Gasteiger partial charge in [-0.25, -0.2) is 0 Å². The Morgan fingerprint density at radius 2 is 2.12 bits per heavy atom. The number of amides is 1. The van der Waals surface area contributed by atoms with E-state index < -0.39 is 5.91 Å². The summed E-state index contributed by atoms with van der Waals surface area (Å²) in [6.45, 7) is 1.86. The molecule has 1 heterocycles. The third-order valence-electron chi connectivity index (χ3n) is 2.33. The Bertz CT molecular complexity index is 538. The summed E-state index contributed by atoms with van der Waals surface area (Å²) in [5.41, 5.74) is 6.52. The Balaban J connectivity index is 2.41. The van der Waals surface area contributed by atoms with Crippen LogP contribution < -0.4 is 10.5 Å². The minimum atomic E-state index is -0.507. The summed E-state index contributed by atoms with van der Waals surface area (Å²) in [5, 5.41) is 0. The van der Waals surface area contributed by atoms with Gasteiger partial charge in [0, 0.05) is 6.20 Å². The number of aryl methyl sites for hydroxylation is 1. The zero-order valence-electron chi connectivity index (χ0n) is 9.38. The Labute approximate surface area is 99.1 Å². The molecule has 0 aliphatic carbocycles. The maximum Gasteiger partial charge on any atom is 0.252 e. The smallest absolute Gasteiger partial charge is 0.252 e. The molecule has 0 aliphatic heterocycles. The highest BCUT2D eigenvalue weighted by molar-refractivity contribution is 5.96. The first-order valence-electron chi connectivity index (χ1n) is 5.16. The van der Waals surface area contributed by atoms with E-state index in [1.807, 2.05) is 13.0 Å². The van der Waals surface area contributed by atoms with E-state index in [2.05, 4.69) is 4.98 Å². The van der Waals surface area contributed by atoms with Crippen LogP contribution in [0, 0.1) is 6.92 Å². The topological polar surface area (TPSA) is 65.2 Å². The van der Waals surface area contributed by atoms with Crippen LogP contribution in [0.25, 0.3) is 0 Å². The molecule has 0 spiro atoms. The zero-order valence-corrected chi connectivity index (χ0v) is 9.38. The second-order valence-corrected chi connectivity index (χ2v) is 3.61. The van der Waals surface area contributed by atoms with Gasteiger partial charge in [-0.15, -0.1) is 0 Å². The molecule has 1 amide bonds. The van der Waals surface area contributed by atoms with E-state index in [1.54, 1.807) is 36.7 Å². The largest absolute Gasteiger partial charge is 0.455 e. The lowest BCUT2D eigenvalue weighted by molar-refractivity contribution is 0.0998. The Kier molecular flexibility index (Phi) is 3.05. The van der Waals surface area contributed by atoms with Gasteiger partial charge in [0.15, 0.2) is 0 Å². The molecule has 86 valence electrons. The number of hydrogen-bond donors (Lipinski definition) is 1. The second-order valence-electron chi connectivity index (χ2n) is 3.61. The van der Waals surface area contributed by atoms with Gasteiger partial charge in [-0.05, 0) is 30.7 Å². The summed E-state index contributed by atoms with van der Waals surface area (Å²) in [7, 11) is 0. The number of ether oxygens (including phenoxy) is 1. The number of aromatic nitrogens is 1. The van der Waals surface area contributed by atoms with Crippen LogP contribution in [-0.4, -0.2) is 10.9 Å². The van der Waals surface area contributed by atoms with Gasteiger partial charge in [0.25, 0.3) is 5.91 Å². The van der Waals surface area contributed by atoms with Crippen LogP contribution in [-0.2, 0) is 0 Å². The van der Waals surface area contributed by atoms with E-state index in [4.69, 9.17) is 10.5 Å². The number of benzene rings is 1. The molecule has 2 rings (SSSR count). The highest BCUT2D eigenvalue weighted by Crippen LogP contribution is 2.28. The monoisotopic (exact) mass is 228 g/mol. The van der Waals surface area contributed by atoms with Crippen molar-refractivity contribution in [3.8, 4) is 11.5 Å². The standard InChI is InChI=1S/C13H12N2O2/c1-9-4-2-6-11(13(14)16)12(9)17-10-5-3-7-15-8-10/h2-8H,1H3,(H2,14,16). The van der Waals surface area contributed by atoms with Crippen LogP contribution in [0.3, 0.4) is 0 Å². The van der Waals surface area contributed by atoms with E-state index in [1.165, 1.54) is 0 Å². The van der Waals surface area contributed by atoms with E-state index in [9.17, 15) is 4.79 Å². The van der Waals surface area contributed by atoms with Gasteiger partial charge >= 0.3 is 0 Å². The van der Waals surface area contributed by atoms with Crippen molar-refractivity contribution >= 4 is 5.91 Å². The fraction of sp³-hybridized carbons (Fsp3) is 0.0769. The molecule has 0 saturated heterocycles. The molecule has 1 aromatic carbocycles. The number of hydrogen-bond acceptors (Lipinski definition) is 3. The minimum absolute atomic E-state index is 0.369. The lowest BCUT2D eigenvalue weighted by atomic mass is 10.1. The van der Waals surface area contributed by atoms with Crippen LogP contribution in [0.15, 0.2) is 42.7 Å². The second kappa shape index (κ2) is 4.65. The fourth-order valence-electron chi connectivity index (χ4n) is 1.51. The number of nitrogens with two attached hydrogens (primary N) is 1. The van der Waals surface area contributed by atoms with Crippen LogP contribution >= 0.6 is 0 Å². The van der Waals surface area contributed by atoms with Gasteiger partial charge in [-0.3, -0.25) is 9.78 Å². The van der Waals surface area contributed by atoms with Gasteiger partial charge in [0.2, 0.25) is 0 Å². The van der Waals surface area contributed by atoms with Gasteiger partial charge in [0.1, 0.15) is 11.5 Å². The number of nitrogens with zero attached hydrogens (tertiary/aromatic N) is 1. The molecule has 4 nitrogen and oxygen atoms in total. The van der Waals surface area contributed by atoms with Crippen molar-refractivity contribution in [1.29, 1.82) is 0 Å². The average molecular weight is 228 g/mol. The number of primary amides is 1. The number of carbonyl (C=O) groups is 1. The summed E-state index contributed by atoms with van der Waals surface area (Å²) in [6.07, 6.45) is 3.23. The molecule has 0 radical (unpaired) electrons.